The molecule has 1 fully saturated rings. The third-order valence-corrected chi connectivity index (χ3v) is 3.73. The fraction of sp³-hybridized carbons (Fsp3) is 0.769. The lowest BCUT2D eigenvalue weighted by molar-refractivity contribution is 0.118. The number of urea groups is 1. The second kappa shape index (κ2) is 6.69. The van der Waals surface area contributed by atoms with Crippen molar-refractivity contribution in [1.82, 2.24) is 25.2 Å². The molecule has 2 N–H and O–H groups in total. The summed E-state index contributed by atoms with van der Waals surface area (Å²) in [6.07, 6.45) is 3.21. The Morgan fingerprint density at radius 2 is 2.25 bits per heavy atom. The Labute approximate surface area is 119 Å². The fourth-order valence-corrected chi connectivity index (χ4v) is 2.29. The quantitative estimate of drug-likeness (QED) is 0.802. The van der Waals surface area contributed by atoms with E-state index in [1.54, 1.807) is 9.70 Å². The number of nitrogens with zero attached hydrogens (tertiary/aromatic N) is 4. The summed E-state index contributed by atoms with van der Waals surface area (Å²) in [5, 5.41) is 20.5. The van der Waals surface area contributed by atoms with Gasteiger partial charge in [0, 0.05) is 12.6 Å². The van der Waals surface area contributed by atoms with E-state index in [4.69, 9.17) is 5.11 Å². The first-order valence-corrected chi connectivity index (χ1v) is 7.21. The molecule has 2 amide bonds. The zero-order valence-corrected chi connectivity index (χ0v) is 12.2. The third kappa shape index (κ3) is 3.27. The molecule has 7 nitrogen and oxygen atoms in total. The summed E-state index contributed by atoms with van der Waals surface area (Å²) in [5.74, 6) is 0. The van der Waals surface area contributed by atoms with Gasteiger partial charge >= 0.3 is 6.03 Å². The number of aryl methyl sites for hydroxylation is 2. The van der Waals surface area contributed by atoms with Crippen molar-refractivity contribution in [2.24, 2.45) is 0 Å². The summed E-state index contributed by atoms with van der Waals surface area (Å²) in [5.41, 5.74) is 1.63. The van der Waals surface area contributed by atoms with Crippen LogP contribution in [0.4, 0.5) is 4.79 Å². The number of amides is 2. The first kappa shape index (κ1) is 14.8. The van der Waals surface area contributed by atoms with Crippen molar-refractivity contribution >= 4 is 6.03 Å². The van der Waals surface area contributed by atoms with Gasteiger partial charge in [-0.15, -0.1) is 0 Å². The Morgan fingerprint density at radius 3 is 2.75 bits per heavy atom. The number of hydrogen-bond donors (Lipinski definition) is 2. The van der Waals surface area contributed by atoms with E-state index < -0.39 is 0 Å². The van der Waals surface area contributed by atoms with Crippen LogP contribution < -0.4 is 5.32 Å². The minimum absolute atomic E-state index is 0.00500. The predicted molar refractivity (Wildman–Crippen MR) is 74.1 cm³/mol. The average Bonchev–Trinajstić information content (AvgIpc) is 2.74. The predicted octanol–water partition coefficient (Wildman–Crippen LogP) is 0.663. The normalized spacial score (nSPS) is 14.9. The highest BCUT2D eigenvalue weighted by molar-refractivity contribution is 5.74. The molecule has 20 heavy (non-hydrogen) atoms. The van der Waals surface area contributed by atoms with E-state index in [-0.39, 0.29) is 18.7 Å². The smallest absolute Gasteiger partial charge is 0.318 e. The molecule has 0 aliphatic heterocycles. The molecular formula is C13H23N5O2. The van der Waals surface area contributed by atoms with E-state index in [1.165, 1.54) is 0 Å². The molecule has 1 aromatic heterocycles. The average molecular weight is 281 g/mol. The lowest BCUT2D eigenvalue weighted by atomic mass is 9.92. The van der Waals surface area contributed by atoms with E-state index >= 15 is 0 Å². The Morgan fingerprint density at radius 1 is 1.50 bits per heavy atom. The highest BCUT2D eigenvalue weighted by atomic mass is 16.3. The SMILES string of the molecule is CCn1nc(C)c(CNC(=O)N(CCO)C2CCC2)n1. The second-order valence-electron chi connectivity index (χ2n) is 5.08. The molecule has 1 aliphatic rings. The van der Waals surface area contributed by atoms with Crippen molar-refractivity contribution in [3.63, 3.8) is 0 Å². The highest BCUT2D eigenvalue weighted by Gasteiger charge is 2.28. The van der Waals surface area contributed by atoms with Crippen LogP contribution in [0.5, 0.6) is 0 Å². The second-order valence-corrected chi connectivity index (χ2v) is 5.08. The number of carbonyl (C=O) groups excluding carboxylic acids is 1. The molecule has 2 rings (SSSR count). The third-order valence-electron chi connectivity index (χ3n) is 3.73. The molecule has 0 unspecified atom stereocenters. The molecule has 0 bridgehead atoms. The van der Waals surface area contributed by atoms with E-state index in [9.17, 15) is 4.79 Å². The zero-order valence-electron chi connectivity index (χ0n) is 12.2. The van der Waals surface area contributed by atoms with Gasteiger partial charge in [0.1, 0.15) is 5.69 Å². The van der Waals surface area contributed by atoms with Crippen LogP contribution in [0, 0.1) is 6.92 Å². The van der Waals surface area contributed by atoms with Crippen LogP contribution in [0.1, 0.15) is 37.6 Å². The molecular weight excluding hydrogens is 258 g/mol. The van der Waals surface area contributed by atoms with E-state index in [0.29, 0.717) is 19.6 Å². The first-order chi connectivity index (χ1) is 9.65. The van der Waals surface area contributed by atoms with Crippen molar-refractivity contribution in [3.8, 4) is 0 Å². The van der Waals surface area contributed by atoms with Gasteiger partial charge in [0.15, 0.2) is 0 Å². The van der Waals surface area contributed by atoms with Gasteiger partial charge in [-0.2, -0.15) is 15.0 Å². The number of hydrogen-bond acceptors (Lipinski definition) is 4. The van der Waals surface area contributed by atoms with Crippen molar-refractivity contribution in [3.05, 3.63) is 11.4 Å². The summed E-state index contributed by atoms with van der Waals surface area (Å²) in [6, 6.07) is 0.142. The maximum absolute atomic E-state index is 12.2. The number of carbonyl (C=O) groups is 1. The summed E-state index contributed by atoms with van der Waals surface area (Å²) in [7, 11) is 0. The lowest BCUT2D eigenvalue weighted by Crippen LogP contribution is -2.50. The largest absolute Gasteiger partial charge is 0.395 e. The van der Waals surface area contributed by atoms with Gasteiger partial charge in [0.05, 0.1) is 25.4 Å². The van der Waals surface area contributed by atoms with Gasteiger partial charge in [-0.1, -0.05) is 0 Å². The van der Waals surface area contributed by atoms with Gasteiger partial charge in [-0.3, -0.25) is 0 Å². The molecule has 1 aliphatic carbocycles. The minimum atomic E-state index is -0.130. The number of aromatic nitrogens is 3. The van der Waals surface area contributed by atoms with Gasteiger partial charge < -0.3 is 15.3 Å². The highest BCUT2D eigenvalue weighted by Crippen LogP contribution is 2.24. The Hall–Kier alpha value is -1.63. The van der Waals surface area contributed by atoms with Crippen LogP contribution in [0.2, 0.25) is 0 Å². The molecule has 0 radical (unpaired) electrons. The van der Waals surface area contributed by atoms with Crippen LogP contribution in [0.3, 0.4) is 0 Å². The van der Waals surface area contributed by atoms with Gasteiger partial charge in [0.2, 0.25) is 0 Å². The molecule has 1 saturated carbocycles. The molecule has 0 saturated heterocycles. The molecule has 0 aromatic carbocycles. The lowest BCUT2D eigenvalue weighted by Gasteiger charge is -2.37. The summed E-state index contributed by atoms with van der Waals surface area (Å²) < 4.78 is 0. The standard InChI is InChI=1S/C13H23N5O2/c1-3-18-15-10(2)12(16-18)9-14-13(20)17(7-8-19)11-5-4-6-11/h11,19H,3-9H2,1-2H3,(H,14,20). The Bertz CT molecular complexity index is 456. The van der Waals surface area contributed by atoms with Crippen molar-refractivity contribution in [2.75, 3.05) is 13.2 Å². The Balaban J connectivity index is 1.90. The van der Waals surface area contributed by atoms with Crippen LogP contribution >= 0.6 is 0 Å². The molecule has 7 heteroatoms. The van der Waals surface area contributed by atoms with Gasteiger partial charge in [-0.25, -0.2) is 4.79 Å². The summed E-state index contributed by atoms with van der Waals surface area (Å²) in [4.78, 5) is 15.5. The van der Waals surface area contributed by atoms with Gasteiger partial charge in [0.25, 0.3) is 0 Å². The van der Waals surface area contributed by atoms with E-state index in [2.05, 4.69) is 15.5 Å². The molecule has 0 spiro atoms. The molecule has 1 aromatic rings. The molecule has 112 valence electrons. The van der Waals surface area contributed by atoms with Crippen molar-refractivity contribution in [1.29, 1.82) is 0 Å². The topological polar surface area (TPSA) is 83.3 Å². The monoisotopic (exact) mass is 281 g/mol. The van der Waals surface area contributed by atoms with E-state index in [1.807, 2.05) is 13.8 Å². The fourth-order valence-electron chi connectivity index (χ4n) is 2.29. The molecule has 0 atom stereocenters. The number of aliphatic hydroxyl groups excluding tert-OH is 1. The minimum Gasteiger partial charge on any atom is -0.395 e. The van der Waals surface area contributed by atoms with Crippen molar-refractivity contribution in [2.45, 2.75) is 52.2 Å². The summed E-state index contributed by atoms with van der Waals surface area (Å²) in [6.45, 7) is 5.33. The van der Waals surface area contributed by atoms with Crippen LogP contribution in [0.25, 0.3) is 0 Å². The van der Waals surface area contributed by atoms with Crippen LogP contribution in [-0.4, -0.2) is 50.2 Å². The van der Waals surface area contributed by atoms with Crippen LogP contribution in [0.15, 0.2) is 0 Å². The zero-order chi connectivity index (χ0) is 14.5. The van der Waals surface area contributed by atoms with Crippen molar-refractivity contribution < 1.29 is 9.90 Å². The number of rotatable bonds is 6. The maximum atomic E-state index is 12.2. The summed E-state index contributed by atoms with van der Waals surface area (Å²) >= 11 is 0. The molecule has 1 heterocycles. The van der Waals surface area contributed by atoms with E-state index in [0.717, 1.165) is 30.7 Å². The Kier molecular flexibility index (Phi) is 4.94. The maximum Gasteiger partial charge on any atom is 0.318 e. The first-order valence-electron chi connectivity index (χ1n) is 7.21. The van der Waals surface area contributed by atoms with Crippen LogP contribution in [-0.2, 0) is 13.1 Å². The number of aliphatic hydroxyl groups is 1. The number of nitrogens with one attached hydrogen (secondary N) is 1. The van der Waals surface area contributed by atoms with Gasteiger partial charge in [-0.05, 0) is 33.1 Å².